The van der Waals surface area contributed by atoms with Crippen LogP contribution in [0.3, 0.4) is 0 Å². The van der Waals surface area contributed by atoms with Crippen molar-refractivity contribution in [2.75, 3.05) is 44.5 Å². The molecule has 178 valence electrons. The number of rotatable bonds is 8. The number of hydrogen-bond donors (Lipinski definition) is 2. The summed E-state index contributed by atoms with van der Waals surface area (Å²) in [7, 11) is 3.84. The first-order valence-electron chi connectivity index (χ1n) is 10.8. The Hall–Kier alpha value is -3.27. The van der Waals surface area contributed by atoms with Gasteiger partial charge in [0, 0.05) is 36.2 Å². The van der Waals surface area contributed by atoms with E-state index in [1.165, 1.54) is 24.5 Å². The maximum absolute atomic E-state index is 13.9. The normalized spacial score (nSPS) is 15.9. The van der Waals surface area contributed by atoms with Crippen molar-refractivity contribution >= 4 is 45.6 Å². The minimum atomic E-state index is -0.544. The minimum Gasteiger partial charge on any atom is -0.486 e. The summed E-state index contributed by atoms with van der Waals surface area (Å²) in [6, 6.07) is 7.89. The fraction of sp³-hybridized carbons (Fsp3) is 0.292. The molecule has 34 heavy (non-hydrogen) atoms. The largest absolute Gasteiger partial charge is 0.486 e. The van der Waals surface area contributed by atoms with Gasteiger partial charge in [-0.15, -0.1) is 0 Å². The fourth-order valence-electron chi connectivity index (χ4n) is 3.42. The van der Waals surface area contributed by atoms with E-state index in [-0.39, 0.29) is 17.0 Å². The zero-order valence-electron chi connectivity index (χ0n) is 18.8. The van der Waals surface area contributed by atoms with Gasteiger partial charge in [-0.3, -0.25) is 4.79 Å². The Labute approximate surface area is 201 Å². The first-order chi connectivity index (χ1) is 16.4. The molecule has 1 atom stereocenters. The fourth-order valence-corrected chi connectivity index (χ4v) is 3.54. The number of carbonyl (C=O) groups is 1. The zero-order chi connectivity index (χ0) is 24.1. The van der Waals surface area contributed by atoms with Gasteiger partial charge in [0.1, 0.15) is 29.8 Å². The van der Waals surface area contributed by atoms with Crippen molar-refractivity contribution < 1.29 is 18.7 Å². The van der Waals surface area contributed by atoms with Gasteiger partial charge < -0.3 is 25.0 Å². The second-order valence-corrected chi connectivity index (χ2v) is 8.51. The summed E-state index contributed by atoms with van der Waals surface area (Å²) in [4.78, 5) is 23.2. The molecule has 1 aliphatic heterocycles. The van der Waals surface area contributed by atoms with Crippen LogP contribution in [0.1, 0.15) is 6.42 Å². The van der Waals surface area contributed by atoms with Crippen molar-refractivity contribution in [3.05, 3.63) is 59.7 Å². The molecule has 1 amide bonds. The van der Waals surface area contributed by atoms with Crippen molar-refractivity contribution in [3.8, 4) is 5.75 Å². The third kappa shape index (κ3) is 5.99. The number of anilines is 3. The van der Waals surface area contributed by atoms with E-state index in [4.69, 9.17) is 21.1 Å². The van der Waals surface area contributed by atoms with Gasteiger partial charge in [0.15, 0.2) is 0 Å². The average Bonchev–Trinajstić information content (AvgIpc) is 3.30. The lowest BCUT2D eigenvalue weighted by atomic mass is 10.1. The molecule has 2 heterocycles. The maximum atomic E-state index is 13.9. The number of benzene rings is 2. The van der Waals surface area contributed by atoms with Gasteiger partial charge in [-0.25, -0.2) is 14.4 Å². The molecule has 0 spiro atoms. The first kappa shape index (κ1) is 23.9. The summed E-state index contributed by atoms with van der Waals surface area (Å²) in [5.74, 6) is 0.0949. The van der Waals surface area contributed by atoms with Gasteiger partial charge in [-0.1, -0.05) is 17.7 Å². The molecule has 0 radical (unpaired) electrons. The van der Waals surface area contributed by atoms with E-state index in [0.717, 1.165) is 6.42 Å². The van der Waals surface area contributed by atoms with Crippen LogP contribution in [0.25, 0.3) is 10.9 Å². The number of amides is 1. The first-order valence-corrected chi connectivity index (χ1v) is 11.1. The summed E-state index contributed by atoms with van der Waals surface area (Å²) in [6.45, 7) is 1.74. The quantitative estimate of drug-likeness (QED) is 0.457. The van der Waals surface area contributed by atoms with E-state index in [1.54, 1.807) is 24.3 Å². The predicted molar refractivity (Wildman–Crippen MR) is 130 cm³/mol. The standard InChI is InChI=1S/C24H25ClFN5O3/c1-31(2)8-3-4-23(32)30-21-11-17-20(12-22(21)34-16-7-9-33-13-16)27-14-28-24(17)29-15-5-6-18(25)19(26)10-15/h3-6,10-12,14,16H,7-9,13H2,1-2H3,(H,30,32)(H,27,28,29)/b4-3+/t16-/m0/s1. The third-order valence-corrected chi connectivity index (χ3v) is 5.40. The Balaban J connectivity index is 1.68. The number of nitrogens with one attached hydrogen (secondary N) is 2. The van der Waals surface area contributed by atoms with E-state index in [1.807, 2.05) is 19.0 Å². The molecule has 0 unspecified atom stereocenters. The van der Waals surface area contributed by atoms with E-state index in [2.05, 4.69) is 20.6 Å². The molecule has 0 saturated carbocycles. The molecule has 2 N–H and O–H groups in total. The van der Waals surface area contributed by atoms with Gasteiger partial charge >= 0.3 is 0 Å². The molecule has 0 aliphatic carbocycles. The topological polar surface area (TPSA) is 88.6 Å². The summed E-state index contributed by atoms with van der Waals surface area (Å²) in [5, 5.41) is 6.64. The van der Waals surface area contributed by atoms with E-state index in [0.29, 0.717) is 53.6 Å². The van der Waals surface area contributed by atoms with Crippen LogP contribution in [0.5, 0.6) is 5.75 Å². The molecule has 1 aromatic heterocycles. The van der Waals surface area contributed by atoms with Crippen LogP contribution >= 0.6 is 11.6 Å². The Morgan fingerprint density at radius 2 is 2.18 bits per heavy atom. The van der Waals surface area contributed by atoms with Crippen molar-refractivity contribution in [3.63, 3.8) is 0 Å². The van der Waals surface area contributed by atoms with Crippen LogP contribution < -0.4 is 15.4 Å². The zero-order valence-corrected chi connectivity index (χ0v) is 19.6. The Kier molecular flexibility index (Phi) is 7.56. The Morgan fingerprint density at radius 3 is 2.91 bits per heavy atom. The number of halogens is 2. The van der Waals surface area contributed by atoms with Crippen molar-refractivity contribution in [2.45, 2.75) is 12.5 Å². The second kappa shape index (κ2) is 10.8. The van der Waals surface area contributed by atoms with Crippen LogP contribution in [-0.2, 0) is 9.53 Å². The van der Waals surface area contributed by atoms with Crippen LogP contribution in [0.4, 0.5) is 21.6 Å². The lowest BCUT2D eigenvalue weighted by Gasteiger charge is -2.17. The number of aromatic nitrogens is 2. The van der Waals surface area contributed by atoms with Gasteiger partial charge in [0.25, 0.3) is 0 Å². The molecule has 1 fully saturated rings. The van der Waals surface area contributed by atoms with Crippen molar-refractivity contribution in [1.82, 2.24) is 14.9 Å². The molecule has 10 heteroatoms. The summed E-state index contributed by atoms with van der Waals surface area (Å²) in [5.41, 5.74) is 1.54. The molecule has 0 bridgehead atoms. The second-order valence-electron chi connectivity index (χ2n) is 8.10. The van der Waals surface area contributed by atoms with E-state index < -0.39 is 5.82 Å². The molecule has 1 aliphatic rings. The third-order valence-electron chi connectivity index (χ3n) is 5.10. The van der Waals surface area contributed by atoms with E-state index in [9.17, 15) is 9.18 Å². The van der Waals surface area contributed by atoms with Gasteiger partial charge in [-0.2, -0.15) is 0 Å². The molecule has 1 saturated heterocycles. The summed E-state index contributed by atoms with van der Waals surface area (Å²) < 4.78 is 25.5. The predicted octanol–water partition coefficient (Wildman–Crippen LogP) is 4.39. The molecule has 4 rings (SSSR count). The number of ether oxygens (including phenoxy) is 2. The highest BCUT2D eigenvalue weighted by Gasteiger charge is 2.20. The smallest absolute Gasteiger partial charge is 0.248 e. The maximum Gasteiger partial charge on any atom is 0.248 e. The van der Waals surface area contributed by atoms with Gasteiger partial charge in [-0.05, 0) is 38.4 Å². The molecule has 3 aromatic rings. The molecular formula is C24H25ClFN5O3. The Morgan fingerprint density at radius 1 is 1.32 bits per heavy atom. The lowest BCUT2D eigenvalue weighted by Crippen LogP contribution is -2.18. The van der Waals surface area contributed by atoms with Gasteiger partial charge in [0.05, 0.1) is 29.4 Å². The molecule has 8 nitrogen and oxygen atoms in total. The number of carbonyl (C=O) groups excluding carboxylic acids is 1. The SMILES string of the molecule is CN(C)C/C=C/C(=O)Nc1cc2c(Nc3ccc(Cl)c(F)c3)ncnc2cc1O[C@H]1CCOC1. The lowest BCUT2D eigenvalue weighted by molar-refractivity contribution is -0.111. The van der Waals surface area contributed by atoms with Crippen LogP contribution in [-0.4, -0.2) is 60.7 Å². The van der Waals surface area contributed by atoms with Crippen molar-refractivity contribution in [1.29, 1.82) is 0 Å². The van der Waals surface area contributed by atoms with Gasteiger partial charge in [0.2, 0.25) is 5.91 Å². The van der Waals surface area contributed by atoms with Crippen molar-refractivity contribution in [2.24, 2.45) is 0 Å². The number of likely N-dealkylation sites (N-methyl/N-ethyl adjacent to an activating group) is 1. The highest BCUT2D eigenvalue weighted by Crippen LogP contribution is 2.35. The number of nitrogens with zero attached hydrogens (tertiary/aromatic N) is 3. The van der Waals surface area contributed by atoms with Crippen LogP contribution in [0.15, 0.2) is 48.8 Å². The van der Waals surface area contributed by atoms with E-state index >= 15 is 0 Å². The van der Waals surface area contributed by atoms with Crippen LogP contribution in [0, 0.1) is 5.82 Å². The molecule has 2 aromatic carbocycles. The monoisotopic (exact) mass is 485 g/mol. The minimum absolute atomic E-state index is 0.0306. The highest BCUT2D eigenvalue weighted by atomic mass is 35.5. The number of hydrogen-bond acceptors (Lipinski definition) is 7. The molecular weight excluding hydrogens is 461 g/mol. The summed E-state index contributed by atoms with van der Waals surface area (Å²) in [6.07, 6.45) is 5.29. The summed E-state index contributed by atoms with van der Waals surface area (Å²) >= 11 is 5.79. The van der Waals surface area contributed by atoms with Crippen LogP contribution in [0.2, 0.25) is 5.02 Å². The average molecular weight is 486 g/mol. The number of fused-ring (bicyclic) bond motifs is 1. The highest BCUT2D eigenvalue weighted by molar-refractivity contribution is 6.30. The Bertz CT molecular complexity index is 1210.